The Bertz CT molecular complexity index is 904. The summed E-state index contributed by atoms with van der Waals surface area (Å²) in [6.07, 6.45) is 1.03. The molecule has 1 aromatic heterocycles. The normalized spacial score (nSPS) is 16.1. The van der Waals surface area contributed by atoms with E-state index in [9.17, 15) is 4.79 Å². The SMILES string of the molecule is Cc1cccc2cc(C(=O)NCC3NCCc4ccccc43)oc12.Cl. The predicted octanol–water partition coefficient (Wildman–Crippen LogP) is 3.78. The number of benzene rings is 2. The maximum atomic E-state index is 12.4. The van der Waals surface area contributed by atoms with Gasteiger partial charge in [-0.3, -0.25) is 4.79 Å². The molecule has 2 N–H and O–H groups in total. The monoisotopic (exact) mass is 356 g/mol. The number of rotatable bonds is 3. The number of hydrogen-bond acceptors (Lipinski definition) is 3. The third-order valence-electron chi connectivity index (χ3n) is 4.65. The van der Waals surface area contributed by atoms with Gasteiger partial charge in [-0.2, -0.15) is 0 Å². The highest BCUT2D eigenvalue weighted by Gasteiger charge is 2.21. The van der Waals surface area contributed by atoms with Crippen LogP contribution in [0.5, 0.6) is 0 Å². The fourth-order valence-corrected chi connectivity index (χ4v) is 3.38. The Morgan fingerprint density at radius 2 is 2.08 bits per heavy atom. The zero-order chi connectivity index (χ0) is 16.5. The fourth-order valence-electron chi connectivity index (χ4n) is 3.38. The molecule has 3 aromatic rings. The molecule has 0 saturated heterocycles. The molecule has 25 heavy (non-hydrogen) atoms. The van der Waals surface area contributed by atoms with Gasteiger partial charge < -0.3 is 15.1 Å². The summed E-state index contributed by atoms with van der Waals surface area (Å²) in [7, 11) is 0. The van der Waals surface area contributed by atoms with Gasteiger partial charge in [0.15, 0.2) is 5.76 Å². The van der Waals surface area contributed by atoms with Gasteiger partial charge >= 0.3 is 0 Å². The molecule has 1 unspecified atom stereocenters. The van der Waals surface area contributed by atoms with Crippen LogP contribution in [0.1, 0.15) is 33.3 Å². The lowest BCUT2D eigenvalue weighted by Gasteiger charge is -2.27. The number of amides is 1. The van der Waals surface area contributed by atoms with Gasteiger partial charge in [-0.25, -0.2) is 0 Å². The lowest BCUT2D eigenvalue weighted by Crippen LogP contribution is -2.38. The summed E-state index contributed by atoms with van der Waals surface area (Å²) < 4.78 is 5.74. The molecule has 1 atom stereocenters. The maximum absolute atomic E-state index is 12.4. The molecular weight excluding hydrogens is 336 g/mol. The third-order valence-corrected chi connectivity index (χ3v) is 4.65. The van der Waals surface area contributed by atoms with Gasteiger partial charge in [-0.1, -0.05) is 42.5 Å². The van der Waals surface area contributed by atoms with Gasteiger partial charge in [-0.05, 0) is 42.6 Å². The van der Waals surface area contributed by atoms with Crippen molar-refractivity contribution in [1.29, 1.82) is 0 Å². The zero-order valence-electron chi connectivity index (χ0n) is 14.0. The Balaban J connectivity index is 0.00000182. The highest BCUT2D eigenvalue weighted by atomic mass is 35.5. The van der Waals surface area contributed by atoms with Crippen LogP contribution in [0.4, 0.5) is 0 Å². The topological polar surface area (TPSA) is 54.3 Å². The van der Waals surface area contributed by atoms with Gasteiger partial charge in [0.1, 0.15) is 5.58 Å². The minimum atomic E-state index is -0.171. The molecule has 1 amide bonds. The van der Waals surface area contributed by atoms with Gasteiger partial charge in [0.05, 0.1) is 0 Å². The van der Waals surface area contributed by atoms with Crippen LogP contribution >= 0.6 is 12.4 Å². The number of aryl methyl sites for hydroxylation is 1. The number of carbonyl (C=O) groups excluding carboxylic acids is 1. The Labute approximate surface area is 153 Å². The zero-order valence-corrected chi connectivity index (χ0v) is 14.9. The number of halogens is 1. The van der Waals surface area contributed by atoms with Crippen LogP contribution in [-0.2, 0) is 6.42 Å². The smallest absolute Gasteiger partial charge is 0.287 e. The molecule has 0 saturated carbocycles. The van der Waals surface area contributed by atoms with Gasteiger partial charge in [0.2, 0.25) is 0 Å². The Hall–Kier alpha value is -2.30. The molecule has 2 aromatic carbocycles. The van der Waals surface area contributed by atoms with Crippen LogP contribution in [0.15, 0.2) is 52.9 Å². The van der Waals surface area contributed by atoms with E-state index in [1.165, 1.54) is 11.1 Å². The quantitative estimate of drug-likeness (QED) is 0.751. The highest BCUT2D eigenvalue weighted by molar-refractivity contribution is 5.96. The van der Waals surface area contributed by atoms with E-state index in [-0.39, 0.29) is 24.4 Å². The van der Waals surface area contributed by atoms with Crippen molar-refractivity contribution in [2.45, 2.75) is 19.4 Å². The first-order valence-electron chi connectivity index (χ1n) is 8.31. The van der Waals surface area contributed by atoms with E-state index in [0.717, 1.165) is 29.5 Å². The second-order valence-corrected chi connectivity index (χ2v) is 6.27. The van der Waals surface area contributed by atoms with Crippen LogP contribution in [0.2, 0.25) is 0 Å². The van der Waals surface area contributed by atoms with E-state index in [0.29, 0.717) is 12.3 Å². The van der Waals surface area contributed by atoms with Crippen LogP contribution in [-0.4, -0.2) is 19.0 Å². The van der Waals surface area contributed by atoms with E-state index in [1.807, 2.05) is 31.2 Å². The molecule has 4 rings (SSSR count). The van der Waals surface area contributed by atoms with Crippen LogP contribution in [0.3, 0.4) is 0 Å². The summed E-state index contributed by atoms with van der Waals surface area (Å²) in [5, 5.41) is 7.43. The van der Waals surface area contributed by atoms with Crippen molar-refractivity contribution in [3.63, 3.8) is 0 Å². The summed E-state index contributed by atoms with van der Waals surface area (Å²) in [6, 6.07) is 16.3. The average molecular weight is 357 g/mol. The maximum Gasteiger partial charge on any atom is 0.287 e. The van der Waals surface area contributed by atoms with E-state index in [2.05, 4.69) is 28.8 Å². The molecule has 5 heteroatoms. The number of furan rings is 1. The molecule has 0 aliphatic carbocycles. The van der Waals surface area contributed by atoms with Crippen molar-refractivity contribution >= 4 is 29.3 Å². The second-order valence-electron chi connectivity index (χ2n) is 6.27. The summed E-state index contributed by atoms with van der Waals surface area (Å²) >= 11 is 0. The number of fused-ring (bicyclic) bond motifs is 2. The van der Waals surface area contributed by atoms with Gasteiger partial charge in [0, 0.05) is 18.0 Å². The molecule has 130 valence electrons. The van der Waals surface area contributed by atoms with Gasteiger partial charge in [0.25, 0.3) is 5.91 Å². The summed E-state index contributed by atoms with van der Waals surface area (Å²) in [6.45, 7) is 3.46. The first-order valence-corrected chi connectivity index (χ1v) is 8.31. The fraction of sp³-hybridized carbons (Fsp3) is 0.250. The standard InChI is InChI=1S/C20H20N2O2.ClH/c1-13-5-4-7-15-11-18(24-19(13)15)20(23)22-12-17-16-8-3-2-6-14(16)9-10-21-17;/h2-8,11,17,21H,9-10,12H2,1H3,(H,22,23);1H. The Morgan fingerprint density at radius 3 is 2.92 bits per heavy atom. The van der Waals surface area contributed by atoms with Crippen LogP contribution in [0, 0.1) is 6.92 Å². The van der Waals surface area contributed by atoms with E-state index in [4.69, 9.17) is 4.42 Å². The number of para-hydroxylation sites is 1. The first-order chi connectivity index (χ1) is 11.7. The molecule has 1 aliphatic rings. The lowest BCUT2D eigenvalue weighted by atomic mass is 9.94. The summed E-state index contributed by atoms with van der Waals surface area (Å²) in [5.41, 5.74) is 4.44. The average Bonchev–Trinajstić information content (AvgIpc) is 3.05. The van der Waals surface area contributed by atoms with Crippen molar-refractivity contribution in [3.8, 4) is 0 Å². The van der Waals surface area contributed by atoms with Gasteiger partial charge in [-0.15, -0.1) is 12.4 Å². The molecule has 0 fully saturated rings. The van der Waals surface area contributed by atoms with Crippen molar-refractivity contribution in [2.24, 2.45) is 0 Å². The van der Waals surface area contributed by atoms with Crippen molar-refractivity contribution in [2.75, 3.05) is 13.1 Å². The Kier molecular flexibility index (Phi) is 5.11. The molecule has 0 bridgehead atoms. The highest BCUT2D eigenvalue weighted by Crippen LogP contribution is 2.24. The molecule has 2 heterocycles. The minimum absolute atomic E-state index is 0. The van der Waals surface area contributed by atoms with E-state index < -0.39 is 0 Å². The Morgan fingerprint density at radius 1 is 1.24 bits per heavy atom. The summed E-state index contributed by atoms with van der Waals surface area (Å²) in [4.78, 5) is 12.4. The van der Waals surface area contributed by atoms with Crippen LogP contribution < -0.4 is 10.6 Å². The second kappa shape index (κ2) is 7.30. The van der Waals surface area contributed by atoms with Crippen molar-refractivity contribution in [1.82, 2.24) is 10.6 Å². The third kappa shape index (κ3) is 3.41. The number of nitrogens with one attached hydrogen (secondary N) is 2. The van der Waals surface area contributed by atoms with E-state index >= 15 is 0 Å². The number of hydrogen-bond donors (Lipinski definition) is 2. The molecule has 0 spiro atoms. The minimum Gasteiger partial charge on any atom is -0.451 e. The molecule has 1 aliphatic heterocycles. The van der Waals surface area contributed by atoms with E-state index in [1.54, 1.807) is 6.07 Å². The molecule has 0 radical (unpaired) electrons. The molecular formula is C20H21ClN2O2. The predicted molar refractivity (Wildman–Crippen MR) is 101 cm³/mol. The number of carbonyl (C=O) groups is 1. The lowest BCUT2D eigenvalue weighted by molar-refractivity contribution is 0.0923. The molecule has 4 nitrogen and oxygen atoms in total. The first kappa shape index (κ1) is 17.5. The summed E-state index contributed by atoms with van der Waals surface area (Å²) in [5.74, 6) is 0.193. The largest absolute Gasteiger partial charge is 0.451 e. The van der Waals surface area contributed by atoms with Crippen molar-refractivity contribution in [3.05, 3.63) is 71.0 Å². The van der Waals surface area contributed by atoms with Crippen LogP contribution in [0.25, 0.3) is 11.0 Å². The van der Waals surface area contributed by atoms with Crippen molar-refractivity contribution < 1.29 is 9.21 Å².